The second-order valence-electron chi connectivity index (χ2n) is 7.41. The maximum absolute atomic E-state index is 12.8. The van der Waals surface area contributed by atoms with Gasteiger partial charge < -0.3 is 24.4 Å². The van der Waals surface area contributed by atoms with Gasteiger partial charge in [0, 0.05) is 25.6 Å². The van der Waals surface area contributed by atoms with Gasteiger partial charge in [0.15, 0.2) is 11.5 Å². The molecule has 146 valence electrons. The van der Waals surface area contributed by atoms with Gasteiger partial charge in [0.25, 0.3) is 5.91 Å². The van der Waals surface area contributed by atoms with Crippen LogP contribution in [0.25, 0.3) is 0 Å². The molecule has 0 radical (unpaired) electrons. The van der Waals surface area contributed by atoms with E-state index < -0.39 is 0 Å². The van der Waals surface area contributed by atoms with Gasteiger partial charge >= 0.3 is 0 Å². The van der Waals surface area contributed by atoms with Crippen LogP contribution in [0.5, 0.6) is 11.5 Å². The van der Waals surface area contributed by atoms with Crippen LogP contribution in [0.2, 0.25) is 0 Å². The molecule has 1 atom stereocenters. The molecule has 1 unspecified atom stereocenters. The minimum absolute atomic E-state index is 0.0454. The van der Waals surface area contributed by atoms with Crippen molar-refractivity contribution in [3.8, 4) is 11.5 Å². The number of hydrogen-bond acceptors (Lipinski definition) is 6. The van der Waals surface area contributed by atoms with Crippen LogP contribution in [0.3, 0.4) is 0 Å². The van der Waals surface area contributed by atoms with Crippen LogP contribution >= 0.6 is 0 Å². The highest BCUT2D eigenvalue weighted by Crippen LogP contribution is 2.34. The van der Waals surface area contributed by atoms with Crippen LogP contribution in [-0.4, -0.2) is 86.8 Å². The van der Waals surface area contributed by atoms with Crippen molar-refractivity contribution in [1.29, 1.82) is 0 Å². The average Bonchev–Trinajstić information content (AvgIpc) is 2.89. The second-order valence-corrected chi connectivity index (χ2v) is 7.41. The number of likely N-dealkylation sites (N-methyl/N-ethyl adjacent to an activating group) is 2. The lowest BCUT2D eigenvalue weighted by atomic mass is 9.90. The Hall–Kier alpha value is -2.32. The van der Waals surface area contributed by atoms with E-state index in [0.29, 0.717) is 56.5 Å². The number of rotatable bonds is 2. The zero-order chi connectivity index (χ0) is 19.0. The van der Waals surface area contributed by atoms with Gasteiger partial charge in [-0.2, -0.15) is 0 Å². The first-order valence-corrected chi connectivity index (χ1v) is 9.26. The molecule has 1 aromatic rings. The van der Waals surface area contributed by atoms with Gasteiger partial charge in [-0.15, -0.1) is 0 Å². The van der Waals surface area contributed by atoms with Crippen LogP contribution in [0.15, 0.2) is 18.2 Å². The lowest BCUT2D eigenvalue weighted by Gasteiger charge is -2.54. The fraction of sp³-hybridized carbons (Fsp3) is 0.579. The van der Waals surface area contributed by atoms with Crippen LogP contribution in [-0.2, 0) is 9.53 Å². The van der Waals surface area contributed by atoms with E-state index in [0.717, 1.165) is 6.42 Å². The zero-order valence-corrected chi connectivity index (χ0v) is 15.7. The Morgan fingerprint density at radius 3 is 2.59 bits per heavy atom. The normalized spacial score (nSPS) is 24.1. The van der Waals surface area contributed by atoms with Gasteiger partial charge in [-0.1, -0.05) is 0 Å². The standard InChI is InChI=1S/C19H25N3O5/c1-20-17(23)14-9-27-19(10-21(14)2)11-22(12-19)18(24)13-4-5-15-16(8-13)26-7-3-6-25-15/h4-5,8,14H,3,6-7,9-12H2,1-2H3,(H,20,23). The molecule has 0 aliphatic carbocycles. The maximum atomic E-state index is 12.8. The Kier molecular flexibility index (Phi) is 4.69. The molecule has 3 aliphatic heterocycles. The molecule has 2 fully saturated rings. The average molecular weight is 375 g/mol. The summed E-state index contributed by atoms with van der Waals surface area (Å²) in [5.74, 6) is 1.21. The second kappa shape index (κ2) is 7.01. The summed E-state index contributed by atoms with van der Waals surface area (Å²) in [5, 5.41) is 2.66. The van der Waals surface area contributed by atoms with E-state index in [-0.39, 0.29) is 23.5 Å². The van der Waals surface area contributed by atoms with Crippen molar-refractivity contribution in [2.24, 2.45) is 0 Å². The number of nitrogens with one attached hydrogen (secondary N) is 1. The molecule has 3 heterocycles. The molecular formula is C19H25N3O5. The summed E-state index contributed by atoms with van der Waals surface area (Å²) in [4.78, 5) is 28.5. The van der Waals surface area contributed by atoms with E-state index in [2.05, 4.69) is 5.32 Å². The van der Waals surface area contributed by atoms with Crippen LogP contribution in [0.4, 0.5) is 0 Å². The fourth-order valence-corrected chi connectivity index (χ4v) is 3.90. The first kappa shape index (κ1) is 18.1. The Labute approximate surface area is 158 Å². The number of carbonyl (C=O) groups excluding carboxylic acids is 2. The minimum Gasteiger partial charge on any atom is -0.490 e. The molecule has 0 saturated carbocycles. The summed E-state index contributed by atoms with van der Waals surface area (Å²) >= 11 is 0. The summed E-state index contributed by atoms with van der Waals surface area (Å²) in [5.41, 5.74) is 0.196. The number of nitrogens with zero attached hydrogens (tertiary/aromatic N) is 2. The predicted molar refractivity (Wildman–Crippen MR) is 97.1 cm³/mol. The summed E-state index contributed by atoms with van der Waals surface area (Å²) in [6.07, 6.45) is 0.828. The number of benzene rings is 1. The maximum Gasteiger partial charge on any atom is 0.254 e. The van der Waals surface area contributed by atoms with Crippen molar-refractivity contribution < 1.29 is 23.8 Å². The zero-order valence-electron chi connectivity index (χ0n) is 15.7. The van der Waals surface area contributed by atoms with E-state index in [4.69, 9.17) is 14.2 Å². The summed E-state index contributed by atoms with van der Waals surface area (Å²) in [7, 11) is 3.54. The van der Waals surface area contributed by atoms with E-state index in [1.165, 1.54) is 0 Å². The van der Waals surface area contributed by atoms with Gasteiger partial charge in [0.1, 0.15) is 11.6 Å². The smallest absolute Gasteiger partial charge is 0.254 e. The summed E-state index contributed by atoms with van der Waals surface area (Å²) < 4.78 is 17.3. The molecule has 2 saturated heterocycles. The number of fused-ring (bicyclic) bond motifs is 1. The molecule has 1 N–H and O–H groups in total. The Balaban J connectivity index is 1.39. The fourth-order valence-electron chi connectivity index (χ4n) is 3.90. The van der Waals surface area contributed by atoms with Crippen molar-refractivity contribution in [1.82, 2.24) is 15.1 Å². The Bertz CT molecular complexity index is 747. The third kappa shape index (κ3) is 3.35. The number of likely N-dealkylation sites (tertiary alicyclic amines) is 1. The van der Waals surface area contributed by atoms with Crippen molar-refractivity contribution in [2.45, 2.75) is 18.1 Å². The molecule has 27 heavy (non-hydrogen) atoms. The third-order valence-electron chi connectivity index (χ3n) is 5.41. The molecule has 1 aromatic carbocycles. The number of hydrogen-bond donors (Lipinski definition) is 1. The minimum atomic E-state index is -0.389. The molecule has 2 amide bonds. The number of amides is 2. The molecule has 8 heteroatoms. The quantitative estimate of drug-likeness (QED) is 0.791. The van der Waals surface area contributed by atoms with E-state index >= 15 is 0 Å². The number of ether oxygens (including phenoxy) is 3. The molecule has 8 nitrogen and oxygen atoms in total. The largest absolute Gasteiger partial charge is 0.490 e. The number of carbonyl (C=O) groups is 2. The van der Waals surface area contributed by atoms with Crippen molar-refractivity contribution in [3.05, 3.63) is 23.8 Å². The third-order valence-corrected chi connectivity index (χ3v) is 5.41. The lowest BCUT2D eigenvalue weighted by Crippen LogP contribution is -2.73. The monoisotopic (exact) mass is 375 g/mol. The predicted octanol–water partition coefficient (Wildman–Crippen LogP) is 0.119. The van der Waals surface area contributed by atoms with Gasteiger partial charge in [-0.25, -0.2) is 0 Å². The Morgan fingerprint density at radius 2 is 1.89 bits per heavy atom. The Morgan fingerprint density at radius 1 is 1.15 bits per heavy atom. The topological polar surface area (TPSA) is 80.3 Å². The lowest BCUT2D eigenvalue weighted by molar-refractivity contribution is -0.187. The molecule has 1 spiro atoms. The van der Waals surface area contributed by atoms with E-state index in [1.54, 1.807) is 30.1 Å². The first-order valence-electron chi connectivity index (χ1n) is 9.26. The van der Waals surface area contributed by atoms with E-state index in [9.17, 15) is 9.59 Å². The van der Waals surface area contributed by atoms with Gasteiger partial charge in [0.05, 0.1) is 32.9 Å². The summed E-state index contributed by atoms with van der Waals surface area (Å²) in [6, 6.07) is 5.04. The van der Waals surface area contributed by atoms with Crippen molar-refractivity contribution in [3.63, 3.8) is 0 Å². The van der Waals surface area contributed by atoms with E-state index in [1.807, 2.05) is 11.9 Å². The SMILES string of the molecule is CNC(=O)C1COC2(CN(C(=O)c3ccc4c(c3)OCCCO4)C2)CN1C. The van der Waals surface area contributed by atoms with Crippen molar-refractivity contribution >= 4 is 11.8 Å². The van der Waals surface area contributed by atoms with Crippen LogP contribution in [0.1, 0.15) is 16.8 Å². The van der Waals surface area contributed by atoms with Crippen LogP contribution in [0, 0.1) is 0 Å². The highest BCUT2D eigenvalue weighted by Gasteiger charge is 2.51. The van der Waals surface area contributed by atoms with Crippen molar-refractivity contribution in [2.75, 3.05) is 53.6 Å². The number of morpholine rings is 1. The molecule has 0 aromatic heterocycles. The van der Waals surface area contributed by atoms with Gasteiger partial charge in [0.2, 0.25) is 5.91 Å². The molecule has 0 bridgehead atoms. The van der Waals surface area contributed by atoms with Crippen LogP contribution < -0.4 is 14.8 Å². The van der Waals surface area contributed by atoms with Gasteiger partial charge in [-0.3, -0.25) is 14.5 Å². The molecular weight excluding hydrogens is 350 g/mol. The molecule has 3 aliphatic rings. The molecule has 4 rings (SSSR count). The highest BCUT2D eigenvalue weighted by molar-refractivity contribution is 5.95. The van der Waals surface area contributed by atoms with Gasteiger partial charge in [-0.05, 0) is 25.2 Å². The first-order chi connectivity index (χ1) is 13.0. The summed E-state index contributed by atoms with van der Waals surface area (Å²) in [6.45, 7) is 3.20. The highest BCUT2D eigenvalue weighted by atomic mass is 16.5.